The van der Waals surface area contributed by atoms with Gasteiger partial charge in [-0.05, 0) is 6.92 Å². The van der Waals surface area contributed by atoms with Crippen LogP contribution < -0.4 is 4.84 Å². The summed E-state index contributed by atoms with van der Waals surface area (Å²) in [7, 11) is 0. The molecule has 1 N–H and O–H groups in total. The summed E-state index contributed by atoms with van der Waals surface area (Å²) in [5.41, 5.74) is -1.38. The minimum absolute atomic E-state index is 0.119. The van der Waals surface area contributed by atoms with Gasteiger partial charge in [0.15, 0.2) is 0 Å². The zero-order valence-electron chi connectivity index (χ0n) is 8.47. The summed E-state index contributed by atoms with van der Waals surface area (Å²) in [6.45, 7) is 1.23. The van der Waals surface area contributed by atoms with Crippen LogP contribution in [0.3, 0.4) is 0 Å². The van der Waals surface area contributed by atoms with Crippen LogP contribution in [0, 0.1) is 27.2 Å². The second-order valence-electron chi connectivity index (χ2n) is 3.08. The number of halogens is 1. The Kier molecular flexibility index (Phi) is 3.59. The number of nitro groups is 2. The van der Waals surface area contributed by atoms with Gasteiger partial charge in [-0.2, -0.15) is 0 Å². The lowest BCUT2D eigenvalue weighted by Gasteiger charge is -2.02. The first kappa shape index (κ1) is 12.8. The summed E-state index contributed by atoms with van der Waals surface area (Å²) < 4.78 is 0. The van der Waals surface area contributed by atoms with Gasteiger partial charge < -0.3 is 0 Å². The molecule has 0 bridgehead atoms. The molecule has 17 heavy (non-hydrogen) atoms. The lowest BCUT2D eigenvalue weighted by molar-refractivity contribution is -0.395. The van der Waals surface area contributed by atoms with Crippen molar-refractivity contribution in [3.63, 3.8) is 0 Å². The first-order chi connectivity index (χ1) is 7.88. The van der Waals surface area contributed by atoms with E-state index >= 15 is 0 Å². The normalized spacial score (nSPS) is 9.76. The maximum absolute atomic E-state index is 11.2. The average Bonchev–Trinajstić information content (AvgIpc) is 2.27. The number of benzene rings is 1. The highest BCUT2D eigenvalue weighted by molar-refractivity contribution is 6.24. The Morgan fingerprint density at radius 2 is 1.65 bits per heavy atom. The fraction of sp³-hybridized carbons (Fsp3) is 0.125. The average molecular weight is 261 g/mol. The maximum Gasteiger partial charge on any atom is 0.279 e. The molecule has 0 fully saturated rings. The Bertz CT molecular complexity index is 481. The monoisotopic (exact) mass is 260 g/mol. The van der Waals surface area contributed by atoms with Crippen LogP contribution in [-0.2, 0) is 0 Å². The molecular formula is C8H6ClN3O5. The number of nitro benzene ring substituents is 2. The van der Waals surface area contributed by atoms with E-state index in [-0.39, 0.29) is 11.1 Å². The second-order valence-corrected chi connectivity index (χ2v) is 3.27. The van der Waals surface area contributed by atoms with Crippen LogP contribution in [0.4, 0.5) is 11.4 Å². The van der Waals surface area contributed by atoms with Gasteiger partial charge in [0, 0.05) is 23.9 Å². The van der Waals surface area contributed by atoms with Gasteiger partial charge in [0.1, 0.15) is 5.56 Å². The van der Waals surface area contributed by atoms with Gasteiger partial charge >= 0.3 is 0 Å². The van der Waals surface area contributed by atoms with Crippen molar-refractivity contribution in [1.29, 1.82) is 0 Å². The van der Waals surface area contributed by atoms with Crippen LogP contribution in [0.1, 0.15) is 15.9 Å². The van der Waals surface area contributed by atoms with Crippen molar-refractivity contribution in [3.05, 3.63) is 43.5 Å². The first-order valence-corrected chi connectivity index (χ1v) is 4.60. The van der Waals surface area contributed by atoms with Crippen LogP contribution in [-0.4, -0.2) is 15.8 Å². The van der Waals surface area contributed by atoms with E-state index in [4.69, 9.17) is 11.8 Å². The lowest BCUT2D eigenvalue weighted by atomic mass is 10.1. The summed E-state index contributed by atoms with van der Waals surface area (Å²) in [6.07, 6.45) is 0. The quantitative estimate of drug-likeness (QED) is 0.384. The highest BCUT2D eigenvalue weighted by Gasteiger charge is 2.25. The number of nitrogens with one attached hydrogen (secondary N) is 1. The minimum Gasteiger partial charge on any atom is -0.268 e. The van der Waals surface area contributed by atoms with Gasteiger partial charge in [0.25, 0.3) is 17.3 Å². The first-order valence-electron chi connectivity index (χ1n) is 4.23. The van der Waals surface area contributed by atoms with Gasteiger partial charge in [-0.3, -0.25) is 29.9 Å². The van der Waals surface area contributed by atoms with E-state index in [9.17, 15) is 25.0 Å². The molecule has 9 heteroatoms. The zero-order chi connectivity index (χ0) is 13.2. The molecule has 0 radical (unpaired) electrons. The van der Waals surface area contributed by atoms with E-state index in [2.05, 4.69) is 0 Å². The summed E-state index contributed by atoms with van der Waals surface area (Å²) in [5.74, 6) is -0.849. The molecule has 1 aromatic rings. The van der Waals surface area contributed by atoms with Crippen molar-refractivity contribution in [3.8, 4) is 0 Å². The third-order valence-corrected chi connectivity index (χ3v) is 2.27. The highest BCUT2D eigenvalue weighted by Crippen LogP contribution is 2.29. The molecule has 0 atom stereocenters. The number of hydrogen-bond acceptors (Lipinski definition) is 5. The van der Waals surface area contributed by atoms with E-state index < -0.39 is 27.1 Å². The van der Waals surface area contributed by atoms with E-state index in [0.29, 0.717) is 0 Å². The van der Waals surface area contributed by atoms with Crippen molar-refractivity contribution >= 4 is 29.1 Å². The highest BCUT2D eigenvalue weighted by atomic mass is 35.5. The van der Waals surface area contributed by atoms with Crippen LogP contribution >= 0.6 is 11.8 Å². The van der Waals surface area contributed by atoms with Crippen molar-refractivity contribution < 1.29 is 14.6 Å². The Morgan fingerprint density at radius 3 is 1.94 bits per heavy atom. The smallest absolute Gasteiger partial charge is 0.268 e. The third-order valence-electron chi connectivity index (χ3n) is 2.09. The molecule has 1 rings (SSSR count). The van der Waals surface area contributed by atoms with Crippen molar-refractivity contribution in [1.82, 2.24) is 4.84 Å². The number of nitrogens with zero attached hydrogens (tertiary/aromatic N) is 2. The van der Waals surface area contributed by atoms with E-state index in [1.165, 1.54) is 6.92 Å². The standard InChI is InChI=1S/C8H6ClN3O5/c1-4-6(11(14)15)2-5(8(13)10-9)3-7(4)12(16)17/h2-3H,1H3,(H,10,13)/i10+1. The predicted molar refractivity (Wildman–Crippen MR) is 57.8 cm³/mol. The molecule has 1 amide bonds. The fourth-order valence-corrected chi connectivity index (χ4v) is 1.36. The van der Waals surface area contributed by atoms with Crippen molar-refractivity contribution in [2.75, 3.05) is 0 Å². The van der Waals surface area contributed by atoms with E-state index in [0.717, 1.165) is 12.1 Å². The summed E-state index contributed by atoms with van der Waals surface area (Å²) in [6, 6.07) is 1.86. The maximum atomic E-state index is 11.2. The molecule has 90 valence electrons. The molecule has 0 aromatic heterocycles. The number of carbonyl (C=O) groups is 1. The van der Waals surface area contributed by atoms with Gasteiger partial charge in [-0.15, -0.1) is 0 Å². The number of amides is 1. The van der Waals surface area contributed by atoms with E-state index in [1.54, 1.807) is 4.84 Å². The molecule has 0 saturated carbocycles. The Labute approximate surface area is 99.6 Å². The summed E-state index contributed by atoms with van der Waals surface area (Å²) >= 11 is 5.05. The topological polar surface area (TPSA) is 115 Å². The molecule has 0 aliphatic carbocycles. The SMILES string of the molecule is Cc1c([N+](=O)[O-])cc(C(=O)[15NH]Cl)cc1[N+](=O)[O-]. The minimum atomic E-state index is -0.849. The van der Waals surface area contributed by atoms with Crippen molar-refractivity contribution in [2.24, 2.45) is 0 Å². The van der Waals surface area contributed by atoms with Crippen LogP contribution in [0.5, 0.6) is 0 Å². The van der Waals surface area contributed by atoms with Crippen LogP contribution in [0.15, 0.2) is 12.1 Å². The largest absolute Gasteiger partial charge is 0.279 e. The van der Waals surface area contributed by atoms with Crippen LogP contribution in [0.25, 0.3) is 0 Å². The molecular weight excluding hydrogens is 255 g/mol. The number of carbonyl (C=O) groups excluding carboxylic acids is 1. The summed E-state index contributed by atoms with van der Waals surface area (Å²) in [5, 5.41) is 21.4. The van der Waals surface area contributed by atoms with Crippen LogP contribution in [0.2, 0.25) is 0 Å². The number of hydrogen-bond donors (Lipinski definition) is 1. The predicted octanol–water partition coefficient (Wildman–Crippen LogP) is 1.70. The molecule has 0 unspecified atom stereocenters. The second kappa shape index (κ2) is 4.74. The Morgan fingerprint density at radius 1 is 1.24 bits per heavy atom. The lowest BCUT2D eigenvalue weighted by Crippen LogP contribution is -2.13. The molecule has 0 saturated heterocycles. The van der Waals surface area contributed by atoms with Gasteiger partial charge in [-0.1, -0.05) is 0 Å². The van der Waals surface area contributed by atoms with Gasteiger partial charge in [-0.25, -0.2) is 0 Å². The van der Waals surface area contributed by atoms with E-state index in [1.807, 2.05) is 0 Å². The van der Waals surface area contributed by atoms with Crippen molar-refractivity contribution in [2.45, 2.75) is 6.92 Å². The van der Waals surface area contributed by atoms with Gasteiger partial charge in [0.05, 0.1) is 15.4 Å². The third kappa shape index (κ3) is 2.48. The zero-order valence-corrected chi connectivity index (χ0v) is 9.22. The Hall–Kier alpha value is -2.22. The molecule has 1 aromatic carbocycles. The molecule has 0 spiro atoms. The molecule has 0 aliphatic heterocycles. The molecule has 0 aliphatic rings. The Balaban J connectivity index is 3.52. The fourth-order valence-electron chi connectivity index (χ4n) is 1.25. The number of rotatable bonds is 3. The summed E-state index contributed by atoms with van der Waals surface area (Å²) in [4.78, 5) is 32.7. The molecule has 8 nitrogen and oxygen atoms in total. The molecule has 0 heterocycles. The van der Waals surface area contributed by atoms with Gasteiger partial charge in [0.2, 0.25) is 0 Å².